The van der Waals surface area contributed by atoms with E-state index in [1.54, 1.807) is 18.6 Å². The van der Waals surface area contributed by atoms with Gasteiger partial charge in [-0.1, -0.05) is 17.4 Å². The number of ether oxygens (including phenoxy) is 1. The average Bonchev–Trinajstić information content (AvgIpc) is 2.69. The van der Waals surface area contributed by atoms with Crippen LogP contribution in [-0.4, -0.2) is 9.97 Å². The summed E-state index contributed by atoms with van der Waals surface area (Å²) in [6.07, 6.45) is 5.25. The topological polar surface area (TPSA) is 35.0 Å². The summed E-state index contributed by atoms with van der Waals surface area (Å²) >= 11 is 1.49. The quantitative estimate of drug-likeness (QED) is 0.747. The Bertz CT molecular complexity index is 347. The van der Waals surface area contributed by atoms with Gasteiger partial charge in [0.25, 0.3) is 5.19 Å². The molecule has 2 aromatic heterocycles. The van der Waals surface area contributed by atoms with Crippen LogP contribution in [0, 0.1) is 0 Å². The van der Waals surface area contributed by atoms with E-state index in [-0.39, 0.29) is 0 Å². The molecule has 13 heavy (non-hydrogen) atoms. The number of hydrogen-bond acceptors (Lipinski definition) is 4. The minimum Gasteiger partial charge on any atom is -0.465 e. The fraction of sp³-hybridized carbons (Fsp3) is 0.111. The van der Waals surface area contributed by atoms with Crippen LogP contribution in [0.15, 0.2) is 36.1 Å². The van der Waals surface area contributed by atoms with E-state index in [0.717, 1.165) is 5.56 Å². The normalized spacial score (nSPS) is 9.85. The average molecular weight is 192 g/mol. The molecule has 0 fully saturated rings. The van der Waals surface area contributed by atoms with Gasteiger partial charge in [0.05, 0.1) is 0 Å². The summed E-state index contributed by atoms with van der Waals surface area (Å²) in [4.78, 5) is 7.99. The highest BCUT2D eigenvalue weighted by Gasteiger charge is 1.96. The Hall–Kier alpha value is -1.42. The zero-order valence-electron chi connectivity index (χ0n) is 6.88. The van der Waals surface area contributed by atoms with Gasteiger partial charge in [0, 0.05) is 29.5 Å². The molecular formula is C9H8N2OS. The molecule has 0 saturated carbocycles. The predicted octanol–water partition coefficient (Wildman–Crippen LogP) is 2.12. The molecule has 0 atom stereocenters. The Labute approximate surface area is 80.0 Å². The van der Waals surface area contributed by atoms with Gasteiger partial charge in [-0.15, -0.1) is 0 Å². The molecule has 0 aromatic carbocycles. The van der Waals surface area contributed by atoms with Crippen molar-refractivity contribution in [2.75, 3.05) is 0 Å². The summed E-state index contributed by atoms with van der Waals surface area (Å²) in [6.45, 7) is 0.529. The molecule has 4 heteroatoms. The third-order valence-electron chi connectivity index (χ3n) is 1.49. The van der Waals surface area contributed by atoms with Gasteiger partial charge in [0.1, 0.15) is 6.61 Å². The molecule has 0 aliphatic heterocycles. The zero-order chi connectivity index (χ0) is 8.93. The van der Waals surface area contributed by atoms with Crippen LogP contribution >= 0.6 is 11.3 Å². The summed E-state index contributed by atoms with van der Waals surface area (Å²) in [6, 6.07) is 3.86. The minimum absolute atomic E-state index is 0.529. The van der Waals surface area contributed by atoms with Gasteiger partial charge in [0.2, 0.25) is 0 Å². The van der Waals surface area contributed by atoms with Crippen LogP contribution in [0.2, 0.25) is 0 Å². The van der Waals surface area contributed by atoms with E-state index in [9.17, 15) is 0 Å². The van der Waals surface area contributed by atoms with Crippen molar-refractivity contribution in [3.63, 3.8) is 0 Å². The van der Waals surface area contributed by atoms with E-state index >= 15 is 0 Å². The van der Waals surface area contributed by atoms with E-state index in [1.807, 2.05) is 17.5 Å². The summed E-state index contributed by atoms with van der Waals surface area (Å²) in [5, 5.41) is 2.59. The number of nitrogens with zero attached hydrogens (tertiary/aromatic N) is 2. The van der Waals surface area contributed by atoms with Crippen molar-refractivity contribution in [3.05, 3.63) is 41.7 Å². The van der Waals surface area contributed by atoms with E-state index < -0.39 is 0 Å². The molecule has 66 valence electrons. The molecule has 0 spiro atoms. The van der Waals surface area contributed by atoms with Crippen molar-refractivity contribution in [3.8, 4) is 5.19 Å². The Balaban J connectivity index is 1.94. The predicted molar refractivity (Wildman–Crippen MR) is 50.7 cm³/mol. The van der Waals surface area contributed by atoms with Crippen molar-refractivity contribution in [2.24, 2.45) is 0 Å². The smallest absolute Gasteiger partial charge is 0.273 e. The molecule has 0 N–H and O–H groups in total. The van der Waals surface area contributed by atoms with E-state index in [0.29, 0.717) is 11.8 Å². The lowest BCUT2D eigenvalue weighted by atomic mass is 10.3. The van der Waals surface area contributed by atoms with Gasteiger partial charge >= 0.3 is 0 Å². The highest BCUT2D eigenvalue weighted by Crippen LogP contribution is 2.14. The van der Waals surface area contributed by atoms with Crippen LogP contribution in [-0.2, 0) is 6.61 Å². The molecule has 2 heterocycles. The van der Waals surface area contributed by atoms with Crippen molar-refractivity contribution >= 4 is 11.3 Å². The minimum atomic E-state index is 0.529. The molecular weight excluding hydrogens is 184 g/mol. The number of rotatable bonds is 3. The molecule has 0 bridgehead atoms. The van der Waals surface area contributed by atoms with Crippen LogP contribution in [0.3, 0.4) is 0 Å². The summed E-state index contributed by atoms with van der Waals surface area (Å²) < 4.78 is 5.40. The van der Waals surface area contributed by atoms with Gasteiger partial charge in [-0.25, -0.2) is 4.98 Å². The number of thiazole rings is 1. The monoisotopic (exact) mass is 192 g/mol. The second-order valence-electron chi connectivity index (χ2n) is 2.45. The summed E-state index contributed by atoms with van der Waals surface area (Å²) in [5.74, 6) is 0. The third kappa shape index (κ3) is 2.26. The standard InChI is InChI=1S/C9H8N2OS/c1-2-8(6-10-3-1)7-12-9-11-4-5-13-9/h1-6H,7H2. The molecule has 0 saturated heterocycles. The third-order valence-corrected chi connectivity index (χ3v) is 2.18. The number of pyridine rings is 1. The lowest BCUT2D eigenvalue weighted by Gasteiger charge is -2.00. The van der Waals surface area contributed by atoms with Crippen molar-refractivity contribution in [1.29, 1.82) is 0 Å². The van der Waals surface area contributed by atoms with Crippen LogP contribution in [0.4, 0.5) is 0 Å². The van der Waals surface area contributed by atoms with Crippen LogP contribution in [0.25, 0.3) is 0 Å². The van der Waals surface area contributed by atoms with Crippen molar-refractivity contribution < 1.29 is 4.74 Å². The maximum absolute atomic E-state index is 5.40. The molecule has 2 rings (SSSR count). The summed E-state index contributed by atoms with van der Waals surface area (Å²) in [7, 11) is 0. The molecule has 0 aliphatic carbocycles. The molecule has 0 radical (unpaired) electrons. The van der Waals surface area contributed by atoms with Crippen LogP contribution in [0.5, 0.6) is 5.19 Å². The van der Waals surface area contributed by atoms with Crippen LogP contribution < -0.4 is 4.74 Å². The van der Waals surface area contributed by atoms with E-state index in [1.165, 1.54) is 11.3 Å². The Morgan fingerprint density at radius 1 is 1.38 bits per heavy atom. The Morgan fingerprint density at radius 2 is 2.38 bits per heavy atom. The zero-order valence-corrected chi connectivity index (χ0v) is 7.70. The fourth-order valence-electron chi connectivity index (χ4n) is 0.910. The highest BCUT2D eigenvalue weighted by atomic mass is 32.1. The first-order chi connectivity index (χ1) is 6.45. The van der Waals surface area contributed by atoms with Gasteiger partial charge in [-0.2, -0.15) is 0 Å². The van der Waals surface area contributed by atoms with E-state index in [2.05, 4.69) is 9.97 Å². The van der Waals surface area contributed by atoms with Gasteiger partial charge in [-0.3, -0.25) is 4.98 Å². The first kappa shape index (κ1) is 8.19. The Kier molecular flexibility index (Phi) is 2.52. The maximum Gasteiger partial charge on any atom is 0.273 e. The largest absolute Gasteiger partial charge is 0.465 e. The highest BCUT2D eigenvalue weighted by molar-refractivity contribution is 7.11. The fourth-order valence-corrected chi connectivity index (χ4v) is 1.40. The van der Waals surface area contributed by atoms with Crippen molar-refractivity contribution in [1.82, 2.24) is 9.97 Å². The molecule has 3 nitrogen and oxygen atoms in total. The van der Waals surface area contributed by atoms with Gasteiger partial charge < -0.3 is 4.74 Å². The lowest BCUT2D eigenvalue weighted by Crippen LogP contribution is -1.94. The van der Waals surface area contributed by atoms with Gasteiger partial charge in [0.15, 0.2) is 0 Å². The molecule has 0 amide bonds. The summed E-state index contributed by atoms with van der Waals surface area (Å²) in [5.41, 5.74) is 1.05. The number of hydrogen-bond donors (Lipinski definition) is 0. The SMILES string of the molecule is c1cncc(COc2nccs2)c1. The number of aromatic nitrogens is 2. The second-order valence-corrected chi connectivity index (χ2v) is 3.31. The first-order valence-corrected chi connectivity index (χ1v) is 4.74. The van der Waals surface area contributed by atoms with Crippen LogP contribution in [0.1, 0.15) is 5.56 Å². The molecule has 0 unspecified atom stereocenters. The second kappa shape index (κ2) is 4.00. The van der Waals surface area contributed by atoms with Crippen molar-refractivity contribution in [2.45, 2.75) is 6.61 Å². The molecule has 0 aliphatic rings. The van der Waals surface area contributed by atoms with Gasteiger partial charge in [-0.05, 0) is 6.07 Å². The van der Waals surface area contributed by atoms with E-state index in [4.69, 9.17) is 4.74 Å². The first-order valence-electron chi connectivity index (χ1n) is 3.86. The lowest BCUT2D eigenvalue weighted by molar-refractivity contribution is 0.304. The molecule has 2 aromatic rings. The Morgan fingerprint density at radius 3 is 3.08 bits per heavy atom. The maximum atomic E-state index is 5.40.